The highest BCUT2D eigenvalue weighted by Gasteiger charge is 1.99. The molecule has 0 aromatic heterocycles. The number of rotatable bonds is 13. The summed E-state index contributed by atoms with van der Waals surface area (Å²) in [6.07, 6.45) is 12.4. The van der Waals surface area contributed by atoms with Crippen LogP contribution in [0.25, 0.3) is 0 Å². The van der Waals surface area contributed by atoms with Gasteiger partial charge in [0.05, 0.1) is 6.61 Å². The fraction of sp³-hybridized carbons (Fsp3) is 1.00. The molecule has 0 bridgehead atoms. The topological polar surface area (TPSA) is 26.3 Å². The van der Waals surface area contributed by atoms with Crippen molar-refractivity contribution in [1.29, 1.82) is 0 Å². The van der Waals surface area contributed by atoms with E-state index >= 15 is 0 Å². The third-order valence-corrected chi connectivity index (χ3v) is 3.93. The molecule has 17 heavy (non-hydrogen) atoms. The van der Waals surface area contributed by atoms with Gasteiger partial charge < -0.3 is 0 Å². The molecule has 104 valence electrons. The molecule has 3 heteroatoms. The normalized spacial score (nSPS) is 12.8. The van der Waals surface area contributed by atoms with Crippen LogP contribution in [0.2, 0.25) is 0 Å². The molecule has 2 nitrogen and oxygen atoms in total. The molecular weight excluding hydrogens is 232 g/mol. The first-order chi connectivity index (χ1) is 8.31. The number of hydrogen-bond acceptors (Lipinski definition) is 2. The second kappa shape index (κ2) is 14.2. The van der Waals surface area contributed by atoms with Crippen LogP contribution in [0, 0.1) is 0 Å². The summed E-state index contributed by atoms with van der Waals surface area (Å²) in [4.78, 5) is 0. The summed E-state index contributed by atoms with van der Waals surface area (Å²) in [5.74, 6) is 0.721. The minimum atomic E-state index is -1.03. The molecule has 0 heterocycles. The van der Waals surface area contributed by atoms with E-state index in [-0.39, 0.29) is 0 Å². The highest BCUT2D eigenvalue weighted by molar-refractivity contribution is 7.80. The van der Waals surface area contributed by atoms with Crippen molar-refractivity contribution in [2.45, 2.75) is 78.1 Å². The van der Waals surface area contributed by atoms with Crippen molar-refractivity contribution in [1.82, 2.24) is 0 Å². The van der Waals surface area contributed by atoms with Crippen LogP contribution in [-0.2, 0) is 15.3 Å². The predicted molar refractivity (Wildman–Crippen MR) is 76.5 cm³/mol. The summed E-state index contributed by atoms with van der Waals surface area (Å²) in [5, 5.41) is 0. The molecule has 0 spiro atoms. The standard InChI is InChI=1S/C14H30O2S/c1-3-5-7-8-9-10-11-12-14-17(15)16-13-6-4-2/h3-14H2,1-2H3. The van der Waals surface area contributed by atoms with Gasteiger partial charge in [-0.1, -0.05) is 65.2 Å². The Labute approximate surface area is 110 Å². The Bertz CT molecular complexity index is 172. The largest absolute Gasteiger partial charge is 0.291 e. The molecular formula is C14H30O2S. The lowest BCUT2D eigenvalue weighted by atomic mass is 10.1. The van der Waals surface area contributed by atoms with Crippen molar-refractivity contribution in [3.63, 3.8) is 0 Å². The van der Waals surface area contributed by atoms with Gasteiger partial charge in [-0.3, -0.25) is 4.18 Å². The predicted octanol–water partition coefficient (Wildman–Crippen LogP) is 4.61. The fourth-order valence-electron chi connectivity index (χ4n) is 1.71. The van der Waals surface area contributed by atoms with Crippen molar-refractivity contribution < 1.29 is 8.39 Å². The van der Waals surface area contributed by atoms with Crippen LogP contribution >= 0.6 is 0 Å². The van der Waals surface area contributed by atoms with Gasteiger partial charge in [-0.2, -0.15) is 0 Å². The molecule has 0 radical (unpaired) electrons. The van der Waals surface area contributed by atoms with Crippen LogP contribution in [0.4, 0.5) is 0 Å². The summed E-state index contributed by atoms with van der Waals surface area (Å²) in [6.45, 7) is 5.01. The third-order valence-electron chi connectivity index (χ3n) is 2.88. The SMILES string of the molecule is CCCCCCCCCCS(=O)OCCCC. The summed E-state index contributed by atoms with van der Waals surface area (Å²) in [6, 6.07) is 0. The molecule has 0 saturated carbocycles. The summed E-state index contributed by atoms with van der Waals surface area (Å²) < 4.78 is 16.6. The Morgan fingerprint density at radius 2 is 1.29 bits per heavy atom. The first-order valence-electron chi connectivity index (χ1n) is 7.32. The van der Waals surface area contributed by atoms with Gasteiger partial charge in [0.25, 0.3) is 0 Å². The van der Waals surface area contributed by atoms with E-state index in [1.807, 2.05) is 0 Å². The Kier molecular flexibility index (Phi) is 14.3. The van der Waals surface area contributed by atoms with Crippen LogP contribution < -0.4 is 0 Å². The Hall–Kier alpha value is 0.110. The number of unbranched alkanes of at least 4 members (excludes halogenated alkanes) is 8. The lowest BCUT2D eigenvalue weighted by molar-refractivity contribution is 0.337. The first kappa shape index (κ1) is 17.1. The summed E-state index contributed by atoms with van der Waals surface area (Å²) >= 11 is -1.03. The Balaban J connectivity index is 3.08. The van der Waals surface area contributed by atoms with Gasteiger partial charge >= 0.3 is 0 Å². The average molecular weight is 262 g/mol. The van der Waals surface area contributed by atoms with Gasteiger partial charge in [-0.05, 0) is 12.8 Å². The van der Waals surface area contributed by atoms with E-state index in [0.717, 1.165) is 25.0 Å². The monoisotopic (exact) mass is 262 g/mol. The second-order valence-corrected chi connectivity index (χ2v) is 5.91. The molecule has 1 atom stereocenters. The maximum Gasteiger partial charge on any atom is 0.155 e. The van der Waals surface area contributed by atoms with Crippen LogP contribution in [0.1, 0.15) is 78.1 Å². The molecule has 0 aliphatic heterocycles. The summed E-state index contributed by atoms with van der Waals surface area (Å²) in [5.41, 5.74) is 0. The highest BCUT2D eigenvalue weighted by atomic mass is 32.2. The van der Waals surface area contributed by atoms with Crippen molar-refractivity contribution in [2.24, 2.45) is 0 Å². The first-order valence-corrected chi connectivity index (χ1v) is 8.57. The van der Waals surface area contributed by atoms with Crippen LogP contribution in [0.5, 0.6) is 0 Å². The van der Waals surface area contributed by atoms with Gasteiger partial charge in [0.15, 0.2) is 11.1 Å². The lowest BCUT2D eigenvalue weighted by Gasteiger charge is -2.03. The van der Waals surface area contributed by atoms with Gasteiger partial charge in [0.2, 0.25) is 0 Å². The quantitative estimate of drug-likeness (QED) is 0.453. The molecule has 0 aliphatic carbocycles. The van der Waals surface area contributed by atoms with Crippen LogP contribution in [-0.4, -0.2) is 16.6 Å². The van der Waals surface area contributed by atoms with E-state index in [4.69, 9.17) is 4.18 Å². The minimum absolute atomic E-state index is 0.653. The molecule has 0 saturated heterocycles. The van der Waals surface area contributed by atoms with E-state index in [2.05, 4.69) is 13.8 Å². The zero-order valence-corrected chi connectivity index (χ0v) is 12.5. The molecule has 0 aromatic carbocycles. The van der Waals surface area contributed by atoms with E-state index < -0.39 is 11.1 Å². The third kappa shape index (κ3) is 14.0. The van der Waals surface area contributed by atoms with E-state index in [0.29, 0.717) is 6.61 Å². The molecule has 1 unspecified atom stereocenters. The van der Waals surface area contributed by atoms with Gasteiger partial charge in [-0.15, -0.1) is 0 Å². The smallest absolute Gasteiger partial charge is 0.155 e. The fourth-order valence-corrected chi connectivity index (χ4v) is 2.57. The van der Waals surface area contributed by atoms with Crippen molar-refractivity contribution in [3.8, 4) is 0 Å². The van der Waals surface area contributed by atoms with Crippen molar-refractivity contribution >= 4 is 11.1 Å². The highest BCUT2D eigenvalue weighted by Crippen LogP contribution is 2.08. The summed E-state index contributed by atoms with van der Waals surface area (Å²) in [7, 11) is 0. The van der Waals surface area contributed by atoms with Crippen LogP contribution in [0.3, 0.4) is 0 Å². The van der Waals surface area contributed by atoms with Crippen LogP contribution in [0.15, 0.2) is 0 Å². The van der Waals surface area contributed by atoms with E-state index in [1.165, 1.54) is 44.9 Å². The molecule has 0 fully saturated rings. The zero-order chi connectivity index (χ0) is 12.8. The maximum absolute atomic E-state index is 11.4. The molecule has 0 rings (SSSR count). The van der Waals surface area contributed by atoms with Crippen molar-refractivity contribution in [3.05, 3.63) is 0 Å². The maximum atomic E-state index is 11.4. The lowest BCUT2D eigenvalue weighted by Crippen LogP contribution is -2.03. The molecule has 0 N–H and O–H groups in total. The molecule has 0 aromatic rings. The Morgan fingerprint density at radius 3 is 1.88 bits per heavy atom. The second-order valence-electron chi connectivity index (χ2n) is 4.66. The van der Waals surface area contributed by atoms with E-state index in [1.54, 1.807) is 0 Å². The van der Waals surface area contributed by atoms with Crippen molar-refractivity contribution in [2.75, 3.05) is 12.4 Å². The molecule has 0 aliphatic rings. The molecule has 0 amide bonds. The number of hydrogen-bond donors (Lipinski definition) is 0. The Morgan fingerprint density at radius 1 is 0.765 bits per heavy atom. The van der Waals surface area contributed by atoms with E-state index in [9.17, 15) is 4.21 Å². The zero-order valence-electron chi connectivity index (χ0n) is 11.7. The average Bonchev–Trinajstić information content (AvgIpc) is 2.33. The van der Waals surface area contributed by atoms with Gasteiger partial charge in [-0.25, -0.2) is 4.21 Å². The van der Waals surface area contributed by atoms with Gasteiger partial charge in [0, 0.05) is 5.75 Å². The van der Waals surface area contributed by atoms with Gasteiger partial charge in [0.1, 0.15) is 0 Å². The minimum Gasteiger partial charge on any atom is -0.291 e.